The van der Waals surface area contributed by atoms with Gasteiger partial charge in [-0.1, -0.05) is 55.0 Å². The van der Waals surface area contributed by atoms with Crippen LogP contribution < -0.4 is 4.72 Å². The number of carbonyl (C=O) groups excluding carboxylic acids is 1. The molecule has 0 amide bonds. The lowest BCUT2D eigenvalue weighted by atomic mass is 10.0. The van der Waals surface area contributed by atoms with Gasteiger partial charge in [-0.25, -0.2) is 8.93 Å². The molecule has 2 aromatic rings. The van der Waals surface area contributed by atoms with E-state index in [0.717, 1.165) is 11.1 Å². The topological polar surface area (TPSA) is 46.2 Å². The number of hydrogen-bond donors (Lipinski definition) is 1. The molecule has 0 aromatic heterocycles. The predicted molar refractivity (Wildman–Crippen MR) is 97.1 cm³/mol. The molecule has 0 fully saturated rings. The summed E-state index contributed by atoms with van der Waals surface area (Å²) in [5, 5.41) is 0. The Morgan fingerprint density at radius 1 is 1.13 bits per heavy atom. The van der Waals surface area contributed by atoms with Crippen molar-refractivity contribution in [3.05, 3.63) is 65.7 Å². The number of ketones is 1. The van der Waals surface area contributed by atoms with Gasteiger partial charge >= 0.3 is 0 Å². The number of carbonyl (C=O) groups is 1. The van der Waals surface area contributed by atoms with Gasteiger partial charge in [0.15, 0.2) is 5.78 Å². The first-order valence-corrected chi connectivity index (χ1v) is 9.43. The Morgan fingerprint density at radius 3 is 2.30 bits per heavy atom. The minimum absolute atomic E-state index is 0.0392. The number of benzene rings is 2. The summed E-state index contributed by atoms with van der Waals surface area (Å²) in [4.78, 5) is 12.9. The van der Waals surface area contributed by atoms with Crippen molar-refractivity contribution in [1.29, 1.82) is 0 Å². The summed E-state index contributed by atoms with van der Waals surface area (Å²) in [6.45, 7) is 3.79. The molecular formula is C19H23NO2S. The molecule has 0 saturated carbocycles. The molecule has 0 bridgehead atoms. The third kappa shape index (κ3) is 4.78. The lowest BCUT2D eigenvalue weighted by Crippen LogP contribution is -2.42. The van der Waals surface area contributed by atoms with Gasteiger partial charge in [0, 0.05) is 11.3 Å². The van der Waals surface area contributed by atoms with Crippen molar-refractivity contribution in [1.82, 2.24) is 4.72 Å². The maximum absolute atomic E-state index is 12.9. The Kier molecular flexibility index (Phi) is 5.74. The predicted octanol–water partition coefficient (Wildman–Crippen LogP) is 3.17. The lowest BCUT2D eigenvalue weighted by Gasteiger charge is -2.20. The Labute approximate surface area is 138 Å². The summed E-state index contributed by atoms with van der Waals surface area (Å²) < 4.78 is 15.9. The molecule has 0 spiro atoms. The number of aryl methyl sites for hydroxylation is 1. The number of hydrogen-bond acceptors (Lipinski definition) is 2. The summed E-state index contributed by atoms with van der Waals surface area (Å²) in [5.41, 5.74) is 2.13. The highest BCUT2D eigenvalue weighted by Crippen LogP contribution is 2.13. The van der Waals surface area contributed by atoms with E-state index in [-0.39, 0.29) is 5.78 Å². The van der Waals surface area contributed by atoms with Crippen LogP contribution in [-0.4, -0.2) is 21.9 Å². The fourth-order valence-electron chi connectivity index (χ4n) is 2.37. The molecule has 2 rings (SSSR count). The molecule has 2 aromatic carbocycles. The van der Waals surface area contributed by atoms with Crippen molar-refractivity contribution in [2.75, 3.05) is 0 Å². The zero-order valence-electron chi connectivity index (χ0n) is 13.6. The molecule has 0 radical (unpaired) electrons. The highest BCUT2D eigenvalue weighted by molar-refractivity contribution is 7.98. The zero-order valence-corrected chi connectivity index (χ0v) is 14.4. The zero-order chi connectivity index (χ0) is 16.9. The van der Waals surface area contributed by atoms with E-state index in [0.29, 0.717) is 17.7 Å². The molecule has 0 aliphatic rings. The van der Waals surface area contributed by atoms with Gasteiger partial charge in [0.25, 0.3) is 0 Å². The molecule has 1 unspecified atom stereocenters. The molecule has 3 nitrogen and oxygen atoms in total. The van der Waals surface area contributed by atoms with E-state index >= 15 is 0 Å². The summed E-state index contributed by atoms with van der Waals surface area (Å²) in [5.74, 6) is 3.87. The van der Waals surface area contributed by atoms with Crippen LogP contribution in [0.2, 0.25) is 0 Å². The monoisotopic (exact) mass is 329 g/mol. The lowest BCUT2D eigenvalue weighted by molar-refractivity contribution is -0.120. The Bertz CT molecular complexity index is 750. The fraction of sp³-hybridized carbons (Fsp3) is 0.263. The second kappa shape index (κ2) is 7.57. The third-order valence-electron chi connectivity index (χ3n) is 3.75. The van der Waals surface area contributed by atoms with Crippen LogP contribution in [-0.2, 0) is 20.9 Å². The molecule has 4 heteroatoms. The number of Topliss-reactive ketones (excluding diaryl/α,β-unsaturated/α-hetero) is 1. The minimum atomic E-state index is -2.72. The second-order valence-corrected chi connectivity index (χ2v) is 7.73. The highest BCUT2D eigenvalue weighted by atomic mass is 32.2. The molecular weight excluding hydrogens is 306 g/mol. The van der Waals surface area contributed by atoms with Gasteiger partial charge in [-0.05, 0) is 36.9 Å². The van der Waals surface area contributed by atoms with Gasteiger partial charge in [-0.2, -0.15) is 0 Å². The summed E-state index contributed by atoms with van der Waals surface area (Å²) in [6, 6.07) is 16.6. The van der Waals surface area contributed by atoms with Crippen molar-refractivity contribution >= 4 is 21.4 Å². The van der Waals surface area contributed by atoms with Gasteiger partial charge in [-0.15, -0.1) is 0 Å². The molecule has 0 aliphatic heterocycles. The Hall–Kier alpha value is -1.91. The average molecular weight is 329 g/mol. The first-order chi connectivity index (χ1) is 10.9. The normalized spacial score (nSPS) is 14.9. The van der Waals surface area contributed by atoms with Crippen LogP contribution in [0.1, 0.15) is 24.5 Å². The molecule has 1 N–H and O–H groups in total. The van der Waals surface area contributed by atoms with E-state index in [1.54, 1.807) is 12.1 Å². The maximum atomic E-state index is 12.9. The Balaban J connectivity index is 2.23. The molecule has 2 atom stereocenters. The minimum Gasteiger partial charge on any atom is -0.298 e. The first-order valence-electron chi connectivity index (χ1n) is 7.70. The van der Waals surface area contributed by atoms with Crippen LogP contribution in [0.4, 0.5) is 0 Å². The fourth-order valence-corrected chi connectivity index (χ4v) is 3.76. The van der Waals surface area contributed by atoms with E-state index in [9.17, 15) is 9.00 Å². The van der Waals surface area contributed by atoms with Crippen molar-refractivity contribution in [2.45, 2.75) is 37.6 Å². The van der Waals surface area contributed by atoms with Crippen LogP contribution in [0, 0.1) is 6.92 Å². The third-order valence-corrected chi connectivity index (χ3v) is 5.45. The van der Waals surface area contributed by atoms with Gasteiger partial charge in [0.1, 0.15) is 0 Å². The summed E-state index contributed by atoms with van der Waals surface area (Å²) in [7, 11) is -2.72. The standard InChI is InChI=1S/C19H23NO2S/c1-4-19(21)18(14-16-8-6-5-7-9-16)20-23(3,22)17-12-10-15(2)11-13-17/h5-13,18H,3-4,14H2,1-2H3,(H,20,22)/t18-,23?/m0/s1. The largest absolute Gasteiger partial charge is 0.298 e. The van der Waals surface area contributed by atoms with Crippen LogP contribution in [0.25, 0.3) is 0 Å². The SMILES string of the molecule is C=S(=O)(N[C@@H](Cc1ccccc1)C(=O)CC)c1ccc(C)cc1. The van der Waals surface area contributed by atoms with Gasteiger partial charge in [0.05, 0.1) is 15.7 Å². The van der Waals surface area contributed by atoms with E-state index < -0.39 is 15.7 Å². The van der Waals surface area contributed by atoms with Crippen LogP contribution in [0.5, 0.6) is 0 Å². The molecule has 23 heavy (non-hydrogen) atoms. The van der Waals surface area contributed by atoms with Gasteiger partial charge in [-0.3, -0.25) is 4.79 Å². The van der Waals surface area contributed by atoms with Crippen molar-refractivity contribution in [3.63, 3.8) is 0 Å². The average Bonchev–Trinajstić information content (AvgIpc) is 2.54. The first kappa shape index (κ1) is 17.4. The van der Waals surface area contributed by atoms with E-state index in [4.69, 9.17) is 0 Å². The number of nitrogens with one attached hydrogen (secondary N) is 1. The summed E-state index contributed by atoms with van der Waals surface area (Å²) >= 11 is 0. The van der Waals surface area contributed by atoms with E-state index in [1.807, 2.05) is 56.3 Å². The Morgan fingerprint density at radius 2 is 1.74 bits per heavy atom. The van der Waals surface area contributed by atoms with Gasteiger partial charge in [0.2, 0.25) is 0 Å². The van der Waals surface area contributed by atoms with Crippen LogP contribution >= 0.6 is 0 Å². The smallest absolute Gasteiger partial charge is 0.150 e. The maximum Gasteiger partial charge on any atom is 0.150 e. The summed E-state index contributed by atoms with van der Waals surface area (Å²) in [6.07, 6.45) is 0.903. The van der Waals surface area contributed by atoms with E-state index in [1.165, 1.54) is 0 Å². The quantitative estimate of drug-likeness (QED) is 0.793. The molecule has 0 saturated heterocycles. The van der Waals surface area contributed by atoms with E-state index in [2.05, 4.69) is 10.6 Å². The molecule has 0 heterocycles. The van der Waals surface area contributed by atoms with Crippen LogP contribution in [0.15, 0.2) is 59.5 Å². The van der Waals surface area contributed by atoms with Gasteiger partial charge < -0.3 is 0 Å². The molecule has 0 aliphatic carbocycles. The second-order valence-electron chi connectivity index (χ2n) is 5.67. The van der Waals surface area contributed by atoms with Crippen molar-refractivity contribution in [3.8, 4) is 0 Å². The van der Waals surface area contributed by atoms with Crippen molar-refractivity contribution in [2.24, 2.45) is 0 Å². The number of rotatable bonds is 7. The van der Waals surface area contributed by atoms with Crippen LogP contribution in [0.3, 0.4) is 0 Å². The van der Waals surface area contributed by atoms with Crippen molar-refractivity contribution < 1.29 is 9.00 Å². The molecule has 122 valence electrons. The highest BCUT2D eigenvalue weighted by Gasteiger charge is 2.21.